The fraction of sp³-hybridized carbons (Fsp3) is 0.250. The van der Waals surface area contributed by atoms with Crippen LogP contribution in [0.4, 0.5) is 0 Å². The predicted molar refractivity (Wildman–Crippen MR) is 89.2 cm³/mol. The highest BCUT2D eigenvalue weighted by Crippen LogP contribution is 2.43. The number of carbonyl (C=O) groups excluding carboxylic acids is 3. The molecule has 0 heterocycles. The van der Waals surface area contributed by atoms with Crippen LogP contribution < -0.4 is 0 Å². The number of esters is 1. The SMILES string of the molecule is CC(=O)OC1(c2ccc(C)c(C)c2C)C(=O)c2ccccc2C1=O. The normalized spacial score (nSPS) is 15.3. The minimum absolute atomic E-state index is 0.293. The Morgan fingerprint density at radius 1 is 0.875 bits per heavy atom. The van der Waals surface area contributed by atoms with E-state index in [1.807, 2.05) is 26.8 Å². The third kappa shape index (κ3) is 2.03. The smallest absolute Gasteiger partial charge is 0.304 e. The molecule has 0 aromatic heterocycles. The van der Waals surface area contributed by atoms with Gasteiger partial charge in [-0.15, -0.1) is 0 Å². The summed E-state index contributed by atoms with van der Waals surface area (Å²) >= 11 is 0. The van der Waals surface area contributed by atoms with Crippen molar-refractivity contribution in [1.29, 1.82) is 0 Å². The number of fused-ring (bicyclic) bond motifs is 1. The monoisotopic (exact) mass is 322 g/mol. The maximum Gasteiger partial charge on any atom is 0.304 e. The van der Waals surface area contributed by atoms with Gasteiger partial charge in [0.2, 0.25) is 11.6 Å². The molecule has 0 bridgehead atoms. The van der Waals surface area contributed by atoms with Crippen LogP contribution in [0.3, 0.4) is 0 Å². The molecule has 1 aliphatic rings. The molecule has 3 rings (SSSR count). The van der Waals surface area contributed by atoms with E-state index in [9.17, 15) is 14.4 Å². The van der Waals surface area contributed by atoms with Gasteiger partial charge in [-0.3, -0.25) is 14.4 Å². The zero-order chi connectivity index (χ0) is 17.6. The van der Waals surface area contributed by atoms with Gasteiger partial charge in [0.1, 0.15) is 0 Å². The Kier molecular flexibility index (Phi) is 3.63. The number of Topliss-reactive ketones (excluding diaryl/α,β-unsaturated/α-hetero) is 2. The van der Waals surface area contributed by atoms with Crippen molar-refractivity contribution in [2.45, 2.75) is 33.3 Å². The van der Waals surface area contributed by atoms with E-state index in [4.69, 9.17) is 4.74 Å². The van der Waals surface area contributed by atoms with Gasteiger partial charge in [0.25, 0.3) is 5.60 Å². The first kappa shape index (κ1) is 16.1. The molecule has 0 unspecified atom stereocenters. The number of ketones is 2. The summed E-state index contributed by atoms with van der Waals surface area (Å²) in [5.41, 5.74) is 1.90. The maximum absolute atomic E-state index is 13.1. The third-order valence-electron chi connectivity index (χ3n) is 4.79. The molecule has 0 spiro atoms. The Bertz CT molecular complexity index is 858. The van der Waals surface area contributed by atoms with E-state index in [1.54, 1.807) is 30.3 Å². The highest BCUT2D eigenvalue weighted by atomic mass is 16.6. The minimum Gasteiger partial charge on any atom is -0.437 e. The van der Waals surface area contributed by atoms with E-state index in [2.05, 4.69) is 0 Å². The van der Waals surface area contributed by atoms with Gasteiger partial charge in [0.15, 0.2) is 0 Å². The molecule has 0 fully saturated rings. The lowest BCUT2D eigenvalue weighted by Crippen LogP contribution is -2.43. The molecule has 24 heavy (non-hydrogen) atoms. The molecule has 0 saturated heterocycles. The first-order chi connectivity index (χ1) is 11.3. The molecule has 2 aromatic rings. The van der Waals surface area contributed by atoms with Gasteiger partial charge < -0.3 is 4.74 Å². The van der Waals surface area contributed by atoms with Crippen molar-refractivity contribution < 1.29 is 19.1 Å². The fourth-order valence-electron chi connectivity index (χ4n) is 3.31. The fourth-order valence-corrected chi connectivity index (χ4v) is 3.31. The van der Waals surface area contributed by atoms with Crippen LogP contribution in [-0.4, -0.2) is 17.5 Å². The summed E-state index contributed by atoms with van der Waals surface area (Å²) in [5, 5.41) is 0. The van der Waals surface area contributed by atoms with Crippen LogP contribution in [-0.2, 0) is 15.1 Å². The molecular weight excluding hydrogens is 304 g/mol. The number of aryl methyl sites for hydroxylation is 1. The molecule has 0 N–H and O–H groups in total. The molecule has 4 heteroatoms. The topological polar surface area (TPSA) is 60.4 Å². The van der Waals surface area contributed by atoms with Gasteiger partial charge in [-0.05, 0) is 37.5 Å². The van der Waals surface area contributed by atoms with Crippen molar-refractivity contribution in [3.63, 3.8) is 0 Å². The Labute approximate surface area is 140 Å². The van der Waals surface area contributed by atoms with Crippen LogP contribution in [0.1, 0.15) is 49.9 Å². The van der Waals surface area contributed by atoms with Crippen LogP contribution in [0.25, 0.3) is 0 Å². The van der Waals surface area contributed by atoms with Gasteiger partial charge in [-0.1, -0.05) is 36.4 Å². The van der Waals surface area contributed by atoms with Crippen molar-refractivity contribution >= 4 is 17.5 Å². The minimum atomic E-state index is -1.92. The molecular formula is C20H18O4. The molecule has 122 valence electrons. The second-order valence-corrected chi connectivity index (χ2v) is 6.16. The van der Waals surface area contributed by atoms with Gasteiger partial charge in [-0.25, -0.2) is 0 Å². The van der Waals surface area contributed by atoms with Crippen molar-refractivity contribution in [2.75, 3.05) is 0 Å². The van der Waals surface area contributed by atoms with Crippen molar-refractivity contribution in [3.05, 3.63) is 69.8 Å². The molecule has 0 atom stereocenters. The summed E-state index contributed by atoms with van der Waals surface area (Å²) in [6, 6.07) is 10.1. The molecule has 1 aliphatic carbocycles. The Morgan fingerprint density at radius 3 is 1.92 bits per heavy atom. The van der Waals surface area contributed by atoms with E-state index in [0.717, 1.165) is 16.7 Å². The molecule has 2 aromatic carbocycles. The van der Waals surface area contributed by atoms with Gasteiger partial charge in [-0.2, -0.15) is 0 Å². The highest BCUT2D eigenvalue weighted by molar-refractivity contribution is 6.32. The zero-order valence-corrected chi connectivity index (χ0v) is 14.1. The third-order valence-corrected chi connectivity index (χ3v) is 4.79. The van der Waals surface area contributed by atoms with Crippen molar-refractivity contribution in [1.82, 2.24) is 0 Å². The van der Waals surface area contributed by atoms with E-state index in [-0.39, 0.29) is 0 Å². The lowest BCUT2D eigenvalue weighted by atomic mass is 9.83. The van der Waals surface area contributed by atoms with Gasteiger partial charge in [0.05, 0.1) is 0 Å². The van der Waals surface area contributed by atoms with Crippen LogP contribution in [0.2, 0.25) is 0 Å². The van der Waals surface area contributed by atoms with Crippen LogP contribution in [0.5, 0.6) is 0 Å². The molecule has 0 radical (unpaired) electrons. The Hall–Kier alpha value is -2.75. The van der Waals surface area contributed by atoms with Crippen molar-refractivity contribution in [3.8, 4) is 0 Å². The lowest BCUT2D eigenvalue weighted by Gasteiger charge is -2.28. The van der Waals surface area contributed by atoms with E-state index < -0.39 is 23.1 Å². The van der Waals surface area contributed by atoms with E-state index >= 15 is 0 Å². The first-order valence-corrected chi connectivity index (χ1v) is 7.76. The maximum atomic E-state index is 13.1. The predicted octanol–water partition coefficient (Wildman–Crippen LogP) is 3.45. The number of carbonyl (C=O) groups is 3. The van der Waals surface area contributed by atoms with E-state index in [0.29, 0.717) is 16.7 Å². The summed E-state index contributed by atoms with van der Waals surface area (Å²) in [6.45, 7) is 6.93. The number of rotatable bonds is 2. The number of benzene rings is 2. The summed E-state index contributed by atoms with van der Waals surface area (Å²) in [5.74, 6) is -1.63. The quantitative estimate of drug-likeness (QED) is 0.627. The summed E-state index contributed by atoms with van der Waals surface area (Å²) in [6.07, 6.45) is 0. The van der Waals surface area contributed by atoms with Crippen LogP contribution in [0, 0.1) is 20.8 Å². The zero-order valence-electron chi connectivity index (χ0n) is 14.1. The van der Waals surface area contributed by atoms with Crippen molar-refractivity contribution in [2.24, 2.45) is 0 Å². The summed E-state index contributed by atoms with van der Waals surface area (Å²) < 4.78 is 5.43. The van der Waals surface area contributed by atoms with Crippen LogP contribution in [0.15, 0.2) is 36.4 Å². The number of hydrogen-bond donors (Lipinski definition) is 0. The summed E-state index contributed by atoms with van der Waals surface area (Å²) in [7, 11) is 0. The Balaban J connectivity index is 2.34. The second kappa shape index (κ2) is 5.41. The Morgan fingerprint density at radius 2 is 1.42 bits per heavy atom. The van der Waals surface area contributed by atoms with Gasteiger partial charge >= 0.3 is 5.97 Å². The van der Waals surface area contributed by atoms with Gasteiger partial charge in [0, 0.05) is 23.6 Å². The molecule has 4 nitrogen and oxygen atoms in total. The molecule has 0 aliphatic heterocycles. The standard InChI is InChI=1S/C20H18O4/c1-11-9-10-17(13(3)12(11)2)20(24-14(4)21)18(22)15-7-5-6-8-16(15)19(20)23/h5-10H,1-4H3. The molecule has 0 saturated carbocycles. The first-order valence-electron chi connectivity index (χ1n) is 7.76. The second-order valence-electron chi connectivity index (χ2n) is 6.16. The molecule has 0 amide bonds. The average Bonchev–Trinajstić information content (AvgIpc) is 2.75. The number of hydrogen-bond acceptors (Lipinski definition) is 4. The number of ether oxygens (including phenoxy) is 1. The largest absolute Gasteiger partial charge is 0.437 e. The highest BCUT2D eigenvalue weighted by Gasteiger charge is 2.58. The summed E-state index contributed by atoms with van der Waals surface area (Å²) in [4.78, 5) is 38.0. The average molecular weight is 322 g/mol. The lowest BCUT2D eigenvalue weighted by molar-refractivity contribution is -0.149. The van der Waals surface area contributed by atoms with Crippen LogP contribution >= 0.6 is 0 Å². The van der Waals surface area contributed by atoms with E-state index in [1.165, 1.54) is 6.92 Å².